The highest BCUT2D eigenvalue weighted by molar-refractivity contribution is 5.98. The molecule has 0 spiro atoms. The molecular weight excluding hydrogens is 323 g/mol. The van der Waals surface area contributed by atoms with Gasteiger partial charge in [-0.15, -0.1) is 0 Å². The van der Waals surface area contributed by atoms with Gasteiger partial charge in [-0.3, -0.25) is 15.1 Å². The second-order valence-corrected chi connectivity index (χ2v) is 6.25. The molecular formula is C18H19FN4O2. The minimum Gasteiger partial charge on any atom is -0.506 e. The number of hydrogen-bond donors (Lipinski definition) is 3. The number of carbonyl (C=O) groups excluding carboxylic acids is 1. The molecule has 1 aliphatic rings. The molecule has 1 unspecified atom stereocenters. The first-order valence-corrected chi connectivity index (χ1v) is 7.95. The number of nitrogens with two attached hydrogens (primary N) is 1. The van der Waals surface area contributed by atoms with E-state index in [1.807, 2.05) is 6.07 Å². The van der Waals surface area contributed by atoms with Gasteiger partial charge in [0.25, 0.3) is 0 Å². The summed E-state index contributed by atoms with van der Waals surface area (Å²) in [4.78, 5) is 17.4. The van der Waals surface area contributed by atoms with Gasteiger partial charge < -0.3 is 10.8 Å². The van der Waals surface area contributed by atoms with Gasteiger partial charge in [-0.05, 0) is 36.0 Å². The number of aromatic nitrogens is 1. The molecule has 0 bridgehead atoms. The van der Waals surface area contributed by atoms with Crippen LogP contribution in [0, 0.1) is 17.3 Å². The Morgan fingerprint density at radius 1 is 1.44 bits per heavy atom. The molecule has 6 nitrogen and oxygen atoms in total. The Bertz CT molecular complexity index is 836. The van der Waals surface area contributed by atoms with E-state index in [4.69, 9.17) is 11.1 Å². The number of rotatable bonds is 4. The summed E-state index contributed by atoms with van der Waals surface area (Å²) in [6.07, 6.45) is 2.89. The van der Waals surface area contributed by atoms with E-state index < -0.39 is 11.9 Å². The Morgan fingerprint density at radius 3 is 2.80 bits per heavy atom. The van der Waals surface area contributed by atoms with Gasteiger partial charge in [0, 0.05) is 12.6 Å². The molecule has 0 saturated heterocycles. The van der Waals surface area contributed by atoms with Crippen molar-refractivity contribution in [3.63, 3.8) is 0 Å². The van der Waals surface area contributed by atoms with Crippen LogP contribution < -0.4 is 5.73 Å². The van der Waals surface area contributed by atoms with E-state index in [2.05, 4.69) is 4.98 Å². The summed E-state index contributed by atoms with van der Waals surface area (Å²) in [6.45, 7) is 0. The molecule has 1 fully saturated rings. The number of amides is 1. The Balaban J connectivity index is 2.00. The number of aromatic hydroxyl groups is 1. The normalized spacial score (nSPS) is 14.8. The lowest BCUT2D eigenvalue weighted by atomic mass is 9.90. The second-order valence-electron chi connectivity index (χ2n) is 6.25. The maximum atomic E-state index is 14.0. The van der Waals surface area contributed by atoms with Crippen LogP contribution in [0.5, 0.6) is 5.75 Å². The van der Waals surface area contributed by atoms with E-state index in [0.29, 0.717) is 5.56 Å². The molecule has 1 aromatic carbocycles. The topological polar surface area (TPSA) is 103 Å². The third-order valence-corrected chi connectivity index (χ3v) is 4.43. The van der Waals surface area contributed by atoms with Crippen molar-refractivity contribution >= 4 is 11.9 Å². The largest absolute Gasteiger partial charge is 0.506 e. The first-order valence-electron chi connectivity index (χ1n) is 7.95. The third-order valence-electron chi connectivity index (χ3n) is 4.43. The minimum absolute atomic E-state index is 0.132. The van der Waals surface area contributed by atoms with Crippen molar-refractivity contribution < 1.29 is 14.3 Å². The third kappa shape index (κ3) is 3.45. The molecule has 2 aromatic rings. The summed E-state index contributed by atoms with van der Waals surface area (Å²) in [5.74, 6) is -1.62. The number of benzene rings is 1. The Morgan fingerprint density at radius 2 is 2.16 bits per heavy atom. The van der Waals surface area contributed by atoms with Crippen molar-refractivity contribution in [3.8, 4) is 16.9 Å². The highest BCUT2D eigenvalue weighted by Gasteiger charge is 2.39. The van der Waals surface area contributed by atoms with E-state index in [0.717, 1.165) is 29.5 Å². The second kappa shape index (κ2) is 6.51. The number of likely N-dealkylation sites (N-methyl/N-ethyl adjacent to an activating group) is 1. The molecule has 1 amide bonds. The maximum Gasteiger partial charge on any atom is 0.236 e. The Kier molecular flexibility index (Phi) is 4.39. The lowest BCUT2D eigenvalue weighted by Gasteiger charge is -2.23. The summed E-state index contributed by atoms with van der Waals surface area (Å²) in [7, 11) is 1.47. The molecule has 7 heteroatoms. The van der Waals surface area contributed by atoms with Crippen molar-refractivity contribution in [2.24, 2.45) is 11.7 Å². The number of guanidine groups is 1. The Labute approximate surface area is 144 Å². The number of carbonyl (C=O) groups is 1. The van der Waals surface area contributed by atoms with Crippen LogP contribution in [0.3, 0.4) is 0 Å². The van der Waals surface area contributed by atoms with Gasteiger partial charge >= 0.3 is 0 Å². The molecule has 4 N–H and O–H groups in total. The van der Waals surface area contributed by atoms with Crippen LogP contribution >= 0.6 is 0 Å². The molecule has 130 valence electrons. The first kappa shape index (κ1) is 16.9. The van der Waals surface area contributed by atoms with Crippen molar-refractivity contribution in [2.45, 2.75) is 18.8 Å². The molecule has 0 aliphatic heterocycles. The number of hydrogen-bond acceptors (Lipinski definition) is 4. The van der Waals surface area contributed by atoms with E-state index in [1.54, 1.807) is 18.2 Å². The van der Waals surface area contributed by atoms with Gasteiger partial charge in [0.1, 0.15) is 5.75 Å². The molecule has 1 saturated carbocycles. The summed E-state index contributed by atoms with van der Waals surface area (Å²) in [5, 5.41) is 17.0. The first-order chi connectivity index (χ1) is 11.9. The van der Waals surface area contributed by atoms with Crippen molar-refractivity contribution in [2.75, 3.05) is 7.05 Å². The number of nitrogens with zero attached hydrogens (tertiary/aromatic N) is 2. The van der Waals surface area contributed by atoms with Crippen molar-refractivity contribution in [1.29, 1.82) is 5.41 Å². The lowest BCUT2D eigenvalue weighted by Crippen LogP contribution is -2.41. The average Bonchev–Trinajstić information content (AvgIpc) is 3.41. The maximum absolute atomic E-state index is 14.0. The van der Waals surface area contributed by atoms with Gasteiger partial charge in [-0.1, -0.05) is 24.3 Å². The summed E-state index contributed by atoms with van der Waals surface area (Å²) in [6, 6.07) is 8.29. The number of pyridine rings is 1. The average molecular weight is 342 g/mol. The zero-order valence-corrected chi connectivity index (χ0v) is 13.7. The van der Waals surface area contributed by atoms with Crippen LogP contribution in [-0.4, -0.2) is 33.9 Å². The van der Waals surface area contributed by atoms with Crippen molar-refractivity contribution in [3.05, 3.63) is 48.0 Å². The SMILES string of the molecule is CN(C(=N)N)C(=O)C(c1cccc(-c2cc(O)cnc2F)c1)C1CC1. The van der Waals surface area contributed by atoms with Crippen LogP contribution in [-0.2, 0) is 4.79 Å². The van der Waals surface area contributed by atoms with Gasteiger partial charge in [-0.2, -0.15) is 4.39 Å². The standard InChI is InChI=1S/C18H19FN4O2/c1-23(18(20)21)17(25)15(10-5-6-10)12-4-2-3-11(7-12)14-8-13(24)9-22-16(14)19/h2-4,7-10,15,24H,5-6H2,1H3,(H3,20,21). The molecule has 3 rings (SSSR count). The quantitative estimate of drug-likeness (QED) is 0.451. The van der Waals surface area contributed by atoms with Gasteiger partial charge in [-0.25, -0.2) is 4.98 Å². The van der Waals surface area contributed by atoms with E-state index >= 15 is 0 Å². The zero-order chi connectivity index (χ0) is 18.1. The molecule has 1 aromatic heterocycles. The summed E-state index contributed by atoms with van der Waals surface area (Å²) < 4.78 is 14.0. The predicted molar refractivity (Wildman–Crippen MR) is 91.4 cm³/mol. The van der Waals surface area contributed by atoms with Crippen molar-refractivity contribution in [1.82, 2.24) is 9.88 Å². The van der Waals surface area contributed by atoms with Crippen LogP contribution in [0.25, 0.3) is 11.1 Å². The Hall–Kier alpha value is -2.96. The van der Waals surface area contributed by atoms with Gasteiger partial charge in [0.2, 0.25) is 11.9 Å². The number of nitrogens with one attached hydrogen (secondary N) is 1. The fraction of sp³-hybridized carbons (Fsp3) is 0.278. The van der Waals surface area contributed by atoms with Crippen LogP contribution in [0.2, 0.25) is 0 Å². The molecule has 1 aliphatic carbocycles. The molecule has 0 radical (unpaired) electrons. The summed E-state index contributed by atoms with van der Waals surface area (Å²) in [5.41, 5.74) is 6.87. The van der Waals surface area contributed by atoms with E-state index in [1.165, 1.54) is 13.1 Å². The highest BCUT2D eigenvalue weighted by atomic mass is 19.1. The fourth-order valence-electron chi connectivity index (χ4n) is 2.91. The molecule has 1 heterocycles. The van der Waals surface area contributed by atoms with Gasteiger partial charge in [0.05, 0.1) is 12.1 Å². The van der Waals surface area contributed by atoms with E-state index in [-0.39, 0.29) is 29.1 Å². The van der Waals surface area contributed by atoms with Gasteiger partial charge in [0.15, 0.2) is 5.96 Å². The van der Waals surface area contributed by atoms with Crippen LogP contribution in [0.15, 0.2) is 36.5 Å². The smallest absolute Gasteiger partial charge is 0.236 e. The molecule has 1 atom stereocenters. The predicted octanol–water partition coefficient (Wildman–Crippen LogP) is 2.44. The minimum atomic E-state index is -0.690. The van der Waals surface area contributed by atoms with Crippen LogP contribution in [0.4, 0.5) is 4.39 Å². The van der Waals surface area contributed by atoms with E-state index in [9.17, 15) is 14.3 Å². The van der Waals surface area contributed by atoms with Crippen LogP contribution in [0.1, 0.15) is 24.3 Å². The molecule has 25 heavy (non-hydrogen) atoms. The number of halogens is 1. The fourth-order valence-corrected chi connectivity index (χ4v) is 2.91. The monoisotopic (exact) mass is 342 g/mol. The highest BCUT2D eigenvalue weighted by Crippen LogP contribution is 2.44. The summed E-state index contributed by atoms with van der Waals surface area (Å²) >= 11 is 0. The lowest BCUT2D eigenvalue weighted by molar-refractivity contribution is -0.128. The zero-order valence-electron chi connectivity index (χ0n) is 13.7.